The van der Waals surface area contributed by atoms with Crippen LogP contribution in [0.4, 0.5) is 0 Å². The van der Waals surface area contributed by atoms with Crippen LogP contribution in [0.2, 0.25) is 0 Å². The maximum Gasteiger partial charge on any atom is 1.00 e. The van der Waals surface area contributed by atoms with Gasteiger partial charge in [-0.3, -0.25) is 0 Å². The average molecular weight is 745 g/mol. The first kappa shape index (κ1) is 46.4. The van der Waals surface area contributed by atoms with E-state index in [1.54, 1.807) is 72.8 Å². The van der Waals surface area contributed by atoms with E-state index in [4.69, 9.17) is 16.5 Å². The molecular formula is C32H28Na4O8Si4. The van der Waals surface area contributed by atoms with Crippen LogP contribution in [0.25, 0.3) is 24.3 Å². The van der Waals surface area contributed by atoms with Gasteiger partial charge >= 0.3 is 118 Å². The molecule has 0 aliphatic carbocycles. The van der Waals surface area contributed by atoms with Crippen molar-refractivity contribution in [1.82, 2.24) is 0 Å². The summed E-state index contributed by atoms with van der Waals surface area (Å²) < 4.78 is 23.7. The summed E-state index contributed by atoms with van der Waals surface area (Å²) in [4.78, 5) is 59.2. The summed E-state index contributed by atoms with van der Waals surface area (Å²) in [7, 11) is -20.8. The fraction of sp³-hybridized carbons (Fsp3) is 0. The second kappa shape index (κ2) is 19.5. The Kier molecular flexibility index (Phi) is 18.8. The minimum absolute atomic E-state index is 0. The molecule has 1 aliphatic rings. The van der Waals surface area contributed by atoms with Gasteiger partial charge < -0.3 is 35.6 Å². The normalized spacial score (nSPS) is 24.8. The Morgan fingerprint density at radius 1 is 0.333 bits per heavy atom. The topological polar surface area (TPSA) is 129 Å². The largest absolute Gasteiger partial charge is 1.00 e. The van der Waals surface area contributed by atoms with Gasteiger partial charge in [-0.15, -0.1) is 0 Å². The molecule has 16 heteroatoms. The van der Waals surface area contributed by atoms with Crippen molar-refractivity contribution in [1.29, 1.82) is 0 Å². The van der Waals surface area contributed by atoms with Gasteiger partial charge in [0.15, 0.2) is 0 Å². The number of hydrogen-bond donors (Lipinski definition) is 0. The molecule has 0 N–H and O–H groups in total. The molecule has 5 rings (SSSR count). The molecule has 0 aromatic heterocycles. The van der Waals surface area contributed by atoms with Crippen molar-refractivity contribution in [3.63, 3.8) is 0 Å². The van der Waals surface area contributed by atoms with Gasteiger partial charge in [0, 0.05) is 0 Å². The SMILES string of the molecule is C=Cc1ccc([Si]2([O-])O[Si]([O-])(c3ccc(C=C)cc3)O[Si]([O-])(c3ccc(C=C)cc3)O[Si]([O-])(c3ccc(C=C)cc3)O2)cc1.[Na+].[Na+].[Na+].[Na+]. The molecule has 0 saturated carbocycles. The number of benzene rings is 4. The van der Waals surface area contributed by atoms with Gasteiger partial charge in [-0.2, -0.15) is 0 Å². The molecule has 0 amide bonds. The standard InChI is InChI=1S/C32H28O8Si4.4Na/c1-5-25-9-17-29(18-10-25)41(33)37-42(34,30-19-11-26(6-2)12-20-30)39-44(36,32-23-15-28(8-4)16-24-32)40-43(35,38-41)31-21-13-27(7-3)14-22-31;;;;/h5-24H,1-4H2;;;;/q-4;4*+1. The maximum absolute atomic E-state index is 14.8. The molecular weight excluding hydrogens is 717 g/mol. The van der Waals surface area contributed by atoms with Crippen LogP contribution in [0.15, 0.2) is 123 Å². The molecule has 0 spiro atoms. The van der Waals surface area contributed by atoms with Gasteiger partial charge in [0.2, 0.25) is 0 Å². The first-order valence-electron chi connectivity index (χ1n) is 13.5. The second-order valence-corrected chi connectivity index (χ2v) is 20.0. The van der Waals surface area contributed by atoms with Crippen molar-refractivity contribution >= 4 is 80.3 Å². The zero-order chi connectivity index (χ0) is 31.6. The molecule has 8 nitrogen and oxygen atoms in total. The fourth-order valence-corrected chi connectivity index (χ4v) is 18.5. The summed E-state index contributed by atoms with van der Waals surface area (Å²) in [6.07, 6.45) is 6.30. The molecule has 1 aliphatic heterocycles. The van der Waals surface area contributed by atoms with Gasteiger partial charge in [0.25, 0.3) is 35.2 Å². The quantitative estimate of drug-likeness (QED) is 0.163. The van der Waals surface area contributed by atoms with Crippen molar-refractivity contribution < 1.29 is 154 Å². The van der Waals surface area contributed by atoms with Crippen molar-refractivity contribution in [3.05, 3.63) is 146 Å². The molecule has 224 valence electrons. The van der Waals surface area contributed by atoms with Gasteiger partial charge in [-0.1, -0.05) is 148 Å². The summed E-state index contributed by atoms with van der Waals surface area (Å²) in [5.41, 5.74) is 2.76. The third-order valence-electron chi connectivity index (χ3n) is 7.07. The zero-order valence-electron chi connectivity index (χ0n) is 27.6. The number of rotatable bonds is 8. The Morgan fingerprint density at radius 2 is 0.479 bits per heavy atom. The van der Waals surface area contributed by atoms with Crippen LogP contribution in [0.1, 0.15) is 22.3 Å². The smallest absolute Gasteiger partial charge is 0.814 e. The Bertz CT molecular complexity index is 1430. The van der Waals surface area contributed by atoms with Gasteiger partial charge in [-0.05, 0) is 43.0 Å². The van der Waals surface area contributed by atoms with Crippen LogP contribution < -0.4 is 158 Å². The minimum atomic E-state index is -5.20. The van der Waals surface area contributed by atoms with Crippen LogP contribution in [0.3, 0.4) is 0 Å². The molecule has 1 fully saturated rings. The molecule has 1 saturated heterocycles. The van der Waals surface area contributed by atoms with Crippen LogP contribution in [0, 0.1) is 0 Å². The minimum Gasteiger partial charge on any atom is -0.814 e. The molecule has 1 heterocycles. The maximum atomic E-state index is 14.8. The summed E-state index contributed by atoms with van der Waals surface area (Å²) in [5.74, 6) is 0. The van der Waals surface area contributed by atoms with Crippen molar-refractivity contribution in [2.45, 2.75) is 0 Å². The van der Waals surface area contributed by atoms with E-state index in [-0.39, 0.29) is 139 Å². The predicted molar refractivity (Wildman–Crippen MR) is 172 cm³/mol. The van der Waals surface area contributed by atoms with Gasteiger partial charge in [-0.25, -0.2) is 0 Å². The Hall–Kier alpha value is 0.388. The van der Waals surface area contributed by atoms with Crippen molar-refractivity contribution in [3.8, 4) is 0 Å². The fourth-order valence-electron chi connectivity index (χ4n) is 4.56. The molecule has 4 aromatic carbocycles. The van der Waals surface area contributed by atoms with E-state index >= 15 is 0 Å². The summed E-state index contributed by atoms with van der Waals surface area (Å²) in [6, 6.07) is 24.2. The van der Waals surface area contributed by atoms with Crippen LogP contribution in [-0.4, -0.2) is 35.2 Å². The van der Waals surface area contributed by atoms with E-state index in [1.165, 1.54) is 48.5 Å². The van der Waals surface area contributed by atoms with Gasteiger partial charge in [0.1, 0.15) is 0 Å². The third kappa shape index (κ3) is 10.3. The van der Waals surface area contributed by atoms with Crippen LogP contribution in [0.5, 0.6) is 0 Å². The summed E-state index contributed by atoms with van der Waals surface area (Å²) in [6.45, 7) is 14.9. The molecule has 48 heavy (non-hydrogen) atoms. The molecule has 0 unspecified atom stereocenters. The number of hydrogen-bond acceptors (Lipinski definition) is 8. The Labute approximate surface area is 374 Å². The van der Waals surface area contributed by atoms with Gasteiger partial charge in [0.05, 0.1) is 0 Å². The first-order valence-corrected chi connectivity index (χ1v) is 20.4. The van der Waals surface area contributed by atoms with E-state index in [1.807, 2.05) is 0 Å². The molecule has 0 radical (unpaired) electrons. The summed E-state index contributed by atoms with van der Waals surface area (Å²) >= 11 is 0. The zero-order valence-corrected chi connectivity index (χ0v) is 39.6. The van der Waals surface area contributed by atoms with E-state index in [9.17, 15) is 19.2 Å². The van der Waals surface area contributed by atoms with Crippen LogP contribution >= 0.6 is 0 Å². The first-order chi connectivity index (χ1) is 21.0. The molecule has 4 aromatic rings. The predicted octanol–water partition coefficient (Wildman–Crippen LogP) is -12.5. The summed E-state index contributed by atoms with van der Waals surface area (Å²) in [5, 5.41) is -0.179. The third-order valence-corrected chi connectivity index (χ3v) is 19.8. The van der Waals surface area contributed by atoms with E-state index in [0.717, 1.165) is 0 Å². The van der Waals surface area contributed by atoms with E-state index in [2.05, 4.69) is 26.3 Å². The Morgan fingerprint density at radius 3 is 0.604 bits per heavy atom. The van der Waals surface area contributed by atoms with Crippen molar-refractivity contribution in [2.24, 2.45) is 0 Å². The van der Waals surface area contributed by atoms with E-state index < -0.39 is 35.2 Å². The average Bonchev–Trinajstić information content (AvgIpc) is 3.04. The second-order valence-electron chi connectivity index (χ2n) is 9.94. The monoisotopic (exact) mass is 744 g/mol. The van der Waals surface area contributed by atoms with Crippen LogP contribution in [-0.2, 0) is 16.5 Å². The Balaban J connectivity index is 0.00000288. The van der Waals surface area contributed by atoms with E-state index in [0.29, 0.717) is 22.3 Å². The molecule has 0 atom stereocenters. The van der Waals surface area contributed by atoms with Crippen molar-refractivity contribution in [2.75, 3.05) is 0 Å². The molecule has 0 bridgehead atoms.